The topological polar surface area (TPSA) is 42.2 Å². The van der Waals surface area contributed by atoms with Gasteiger partial charge in [0.05, 0.1) is 12.9 Å². The summed E-state index contributed by atoms with van der Waals surface area (Å²) in [7, 11) is 1.94. The summed E-state index contributed by atoms with van der Waals surface area (Å²) in [5, 5.41) is 3.16. The van der Waals surface area contributed by atoms with Crippen LogP contribution < -0.4 is 5.32 Å². The van der Waals surface area contributed by atoms with E-state index in [0.29, 0.717) is 0 Å². The predicted molar refractivity (Wildman–Crippen MR) is 39.8 cm³/mol. The molecule has 0 aromatic carbocycles. The van der Waals surface area contributed by atoms with Gasteiger partial charge in [-0.3, -0.25) is 0 Å². The third-order valence-corrected chi connectivity index (χ3v) is 1.49. The molecule has 10 heavy (non-hydrogen) atoms. The fourth-order valence-corrected chi connectivity index (χ4v) is 0.991. The van der Waals surface area contributed by atoms with Gasteiger partial charge in [0.15, 0.2) is 11.6 Å². The average Bonchev–Trinajstić information content (AvgIpc) is 2.34. The van der Waals surface area contributed by atoms with Gasteiger partial charge >= 0.3 is 0 Å². The van der Waals surface area contributed by atoms with E-state index in [-0.39, 0.29) is 0 Å². The molecule has 1 aliphatic heterocycles. The first-order valence-corrected chi connectivity index (χ1v) is 3.15. The summed E-state index contributed by atoms with van der Waals surface area (Å²) in [5.41, 5.74) is 0. The van der Waals surface area contributed by atoms with Crippen LogP contribution in [0, 0.1) is 0 Å². The predicted octanol–water partition coefficient (Wildman–Crippen LogP) is 0.548. The first-order chi connectivity index (χ1) is 4.88. The molecule has 2 heterocycles. The van der Waals surface area contributed by atoms with Gasteiger partial charge < -0.3 is 9.88 Å². The second kappa shape index (κ2) is 1.83. The molecule has 0 saturated heterocycles. The van der Waals surface area contributed by atoms with Gasteiger partial charge in [-0.2, -0.15) is 0 Å². The number of fused-ring (bicyclic) bond motifs is 1. The lowest BCUT2D eigenvalue weighted by Gasteiger charge is -2.07. The van der Waals surface area contributed by atoms with Crippen molar-refractivity contribution in [1.29, 1.82) is 0 Å². The lowest BCUT2D eigenvalue weighted by atomic mass is 10.5. The van der Waals surface area contributed by atoms with E-state index >= 15 is 0 Å². The lowest BCUT2D eigenvalue weighted by Crippen LogP contribution is -2.09. The zero-order valence-corrected chi connectivity index (χ0v) is 5.70. The minimum Gasteiger partial charge on any atom is -0.363 e. The van der Waals surface area contributed by atoms with Gasteiger partial charge in [-0.15, -0.1) is 0 Å². The second-order valence-corrected chi connectivity index (χ2v) is 2.22. The molecule has 2 rings (SSSR count). The molecule has 0 aliphatic carbocycles. The highest BCUT2D eigenvalue weighted by Crippen LogP contribution is 2.22. The quantitative estimate of drug-likeness (QED) is 0.565. The number of nitrogens with one attached hydrogen (secondary N) is 1. The van der Waals surface area contributed by atoms with E-state index in [1.165, 1.54) is 0 Å². The number of aliphatic imine (C=N–C) groups is 1. The van der Waals surface area contributed by atoms with Gasteiger partial charge in [0.1, 0.15) is 0 Å². The number of rotatable bonds is 0. The number of anilines is 1. The normalized spacial score (nSPS) is 14.5. The molecule has 0 amide bonds. The molecular weight excluding hydrogens is 128 g/mol. The van der Waals surface area contributed by atoms with Crippen molar-refractivity contribution < 1.29 is 0 Å². The van der Waals surface area contributed by atoms with Gasteiger partial charge in [-0.05, 0) is 0 Å². The molecule has 1 aromatic rings. The zero-order chi connectivity index (χ0) is 6.97. The summed E-state index contributed by atoms with van der Waals surface area (Å²) < 4.78 is 1.92. The van der Waals surface area contributed by atoms with Crippen LogP contribution in [0.25, 0.3) is 0 Å². The minimum atomic E-state index is 0.786. The minimum absolute atomic E-state index is 0.786. The summed E-state index contributed by atoms with van der Waals surface area (Å²) in [4.78, 5) is 8.15. The fourth-order valence-electron chi connectivity index (χ4n) is 0.991. The highest BCUT2D eigenvalue weighted by atomic mass is 15.2. The van der Waals surface area contributed by atoms with E-state index in [4.69, 9.17) is 0 Å². The smallest absolute Gasteiger partial charge is 0.194 e. The van der Waals surface area contributed by atoms with Crippen LogP contribution in [0.15, 0.2) is 11.3 Å². The molecule has 0 saturated carbocycles. The van der Waals surface area contributed by atoms with Crippen LogP contribution in [0.2, 0.25) is 0 Å². The summed E-state index contributed by atoms with van der Waals surface area (Å²) in [6.45, 7) is 0.798. The Labute approximate surface area is 58.6 Å². The third-order valence-electron chi connectivity index (χ3n) is 1.49. The fraction of sp³-hybridized carbons (Fsp3) is 0.333. The van der Waals surface area contributed by atoms with Gasteiger partial charge in [-0.1, -0.05) is 0 Å². The molecule has 4 heteroatoms. The summed E-state index contributed by atoms with van der Waals surface area (Å²) in [6.07, 6.45) is 3.57. The molecular formula is C6H8N4. The average molecular weight is 136 g/mol. The first kappa shape index (κ1) is 5.46. The Balaban J connectivity index is 2.57. The van der Waals surface area contributed by atoms with Crippen molar-refractivity contribution in [2.75, 3.05) is 11.9 Å². The van der Waals surface area contributed by atoms with Crippen LogP contribution in [-0.4, -0.2) is 22.3 Å². The summed E-state index contributed by atoms with van der Waals surface area (Å²) >= 11 is 0. The molecule has 0 atom stereocenters. The van der Waals surface area contributed by atoms with Crippen molar-refractivity contribution in [2.24, 2.45) is 12.0 Å². The summed E-state index contributed by atoms with van der Waals surface area (Å²) in [5.74, 6) is 1.79. The largest absolute Gasteiger partial charge is 0.363 e. The van der Waals surface area contributed by atoms with Crippen LogP contribution in [0.4, 0.5) is 11.6 Å². The molecule has 52 valence electrons. The van der Waals surface area contributed by atoms with Gasteiger partial charge in [0, 0.05) is 13.3 Å². The molecule has 0 fully saturated rings. The van der Waals surface area contributed by atoms with Crippen molar-refractivity contribution in [2.45, 2.75) is 0 Å². The third kappa shape index (κ3) is 0.618. The second-order valence-electron chi connectivity index (χ2n) is 2.22. The van der Waals surface area contributed by atoms with E-state index in [0.717, 1.165) is 18.2 Å². The van der Waals surface area contributed by atoms with E-state index in [9.17, 15) is 0 Å². The van der Waals surface area contributed by atoms with Crippen LogP contribution in [-0.2, 0) is 7.05 Å². The molecule has 1 aromatic heterocycles. The van der Waals surface area contributed by atoms with Gasteiger partial charge in [-0.25, -0.2) is 9.98 Å². The van der Waals surface area contributed by atoms with E-state index in [1.54, 1.807) is 6.33 Å². The van der Waals surface area contributed by atoms with Crippen LogP contribution >= 0.6 is 0 Å². The van der Waals surface area contributed by atoms with Gasteiger partial charge in [0.2, 0.25) is 0 Å². The highest BCUT2D eigenvalue weighted by Gasteiger charge is 2.08. The number of hydrogen-bond donors (Lipinski definition) is 1. The Hall–Kier alpha value is -1.32. The SMILES string of the molecule is Cn1cnc2c1NCC=N2. The highest BCUT2D eigenvalue weighted by molar-refractivity contribution is 5.76. The van der Waals surface area contributed by atoms with Crippen molar-refractivity contribution in [3.05, 3.63) is 6.33 Å². The molecule has 1 aliphatic rings. The number of imidazole rings is 1. The molecule has 0 unspecified atom stereocenters. The lowest BCUT2D eigenvalue weighted by molar-refractivity contribution is 0.914. The number of aromatic nitrogens is 2. The molecule has 0 spiro atoms. The molecule has 1 N–H and O–H groups in total. The molecule has 0 bridgehead atoms. The Morgan fingerprint density at radius 3 is 3.40 bits per heavy atom. The van der Waals surface area contributed by atoms with Crippen LogP contribution in [0.5, 0.6) is 0 Å². The zero-order valence-electron chi connectivity index (χ0n) is 5.70. The van der Waals surface area contributed by atoms with Crippen LogP contribution in [0.1, 0.15) is 0 Å². The molecule has 0 radical (unpaired) electrons. The van der Waals surface area contributed by atoms with E-state index < -0.39 is 0 Å². The van der Waals surface area contributed by atoms with Crippen molar-refractivity contribution in [1.82, 2.24) is 9.55 Å². The maximum atomic E-state index is 4.09. The molecule has 4 nitrogen and oxygen atoms in total. The number of hydrogen-bond acceptors (Lipinski definition) is 3. The van der Waals surface area contributed by atoms with Crippen molar-refractivity contribution in [3.63, 3.8) is 0 Å². The van der Waals surface area contributed by atoms with E-state index in [2.05, 4.69) is 15.3 Å². The standard InChI is InChI=1S/C6H8N4/c1-10-4-9-5-6(10)8-3-2-7-5/h2,4,8H,3H2,1H3. The Bertz CT molecular complexity index is 273. The number of aryl methyl sites for hydroxylation is 1. The number of nitrogens with zero attached hydrogens (tertiary/aromatic N) is 3. The Kier molecular flexibility index (Phi) is 1.00. The first-order valence-electron chi connectivity index (χ1n) is 3.15. The van der Waals surface area contributed by atoms with Crippen molar-refractivity contribution >= 4 is 17.9 Å². The maximum Gasteiger partial charge on any atom is 0.194 e. The Morgan fingerprint density at radius 2 is 2.60 bits per heavy atom. The summed E-state index contributed by atoms with van der Waals surface area (Å²) in [6, 6.07) is 0. The van der Waals surface area contributed by atoms with Gasteiger partial charge in [0.25, 0.3) is 0 Å². The monoisotopic (exact) mass is 136 g/mol. The Morgan fingerprint density at radius 1 is 1.70 bits per heavy atom. The van der Waals surface area contributed by atoms with Crippen LogP contribution in [0.3, 0.4) is 0 Å². The maximum absolute atomic E-state index is 4.09. The van der Waals surface area contributed by atoms with E-state index in [1.807, 2.05) is 17.8 Å². The van der Waals surface area contributed by atoms with Crippen molar-refractivity contribution in [3.8, 4) is 0 Å².